The van der Waals surface area contributed by atoms with Crippen molar-refractivity contribution in [3.05, 3.63) is 27.4 Å². The number of likely N-dealkylation sites (tertiary alicyclic amines) is 2. The van der Waals surface area contributed by atoms with Crippen LogP contribution in [0.25, 0.3) is 0 Å². The van der Waals surface area contributed by atoms with Gasteiger partial charge < -0.3 is 20.1 Å². The lowest BCUT2D eigenvalue weighted by Crippen LogP contribution is -2.62. The van der Waals surface area contributed by atoms with Crippen molar-refractivity contribution in [2.45, 2.75) is 107 Å². The molecule has 244 valence electrons. The lowest BCUT2D eigenvalue weighted by Gasteiger charge is -2.52. The summed E-state index contributed by atoms with van der Waals surface area (Å²) in [5.74, 6) is 1.07. The van der Waals surface area contributed by atoms with Gasteiger partial charge in [0.25, 0.3) is 5.56 Å². The zero-order chi connectivity index (χ0) is 30.7. The number of thioether (sulfide) groups is 1. The van der Waals surface area contributed by atoms with Gasteiger partial charge in [0.2, 0.25) is 0 Å². The van der Waals surface area contributed by atoms with Crippen LogP contribution in [0, 0.1) is 30.1 Å². The van der Waals surface area contributed by atoms with Crippen LogP contribution in [0.5, 0.6) is 0 Å². The Labute approximate surface area is 270 Å². The molecule has 4 saturated heterocycles. The summed E-state index contributed by atoms with van der Waals surface area (Å²) in [7, 11) is 2.23. The second kappa shape index (κ2) is 12.5. The molecule has 5 heterocycles. The number of alkyl halides is 1. The van der Waals surface area contributed by atoms with Gasteiger partial charge in [0, 0.05) is 65.1 Å². The number of aliphatic carboxylic acids is 1. The van der Waals surface area contributed by atoms with Crippen molar-refractivity contribution >= 4 is 29.3 Å². The minimum absolute atomic E-state index is 0.00414. The molecule has 9 atom stereocenters. The van der Waals surface area contributed by atoms with Crippen molar-refractivity contribution in [3.63, 3.8) is 0 Å². The van der Waals surface area contributed by atoms with E-state index in [0.29, 0.717) is 42.2 Å². The smallest absolute Gasteiger partial charge is 0.308 e. The molecule has 4 aliphatic heterocycles. The molecule has 0 aromatic carbocycles. The molecular formula is C33H50ClN5O4S. The molecule has 2 aliphatic carbocycles. The first-order valence-electron chi connectivity index (χ1n) is 17.0. The molecule has 1 aromatic rings. The number of hydrogen-bond acceptors (Lipinski definition) is 8. The first-order chi connectivity index (χ1) is 21.1. The standard InChI is InChI=1S/C33H50ClN5O4S/c1-19-12-24(30-29(35-19)26(15-44-30)32(41)42)23-13-21(34)4-7-28(23)43-11-10-39-20(2)36-27-6-5-22(14-25(27)31(39)40)38-17-33(18-38)8-9-37(3)16-33/h19,21-24,26,28-30,35H,4-18H2,1-3H3,(H,41,42). The van der Waals surface area contributed by atoms with E-state index in [4.69, 9.17) is 21.3 Å². The third kappa shape index (κ3) is 5.89. The van der Waals surface area contributed by atoms with Gasteiger partial charge in [-0.3, -0.25) is 19.1 Å². The highest BCUT2D eigenvalue weighted by Gasteiger charge is 2.52. The van der Waals surface area contributed by atoms with Crippen LogP contribution in [0.3, 0.4) is 0 Å². The predicted molar refractivity (Wildman–Crippen MR) is 174 cm³/mol. The fourth-order valence-corrected chi connectivity index (χ4v) is 11.9. The summed E-state index contributed by atoms with van der Waals surface area (Å²) in [5, 5.41) is 13.9. The summed E-state index contributed by atoms with van der Waals surface area (Å²) in [4.78, 5) is 35.8. The molecule has 1 spiro atoms. The van der Waals surface area contributed by atoms with Crippen molar-refractivity contribution in [1.29, 1.82) is 0 Å². The second-order valence-corrected chi connectivity index (χ2v) is 16.9. The molecule has 7 rings (SSSR count). The normalized spacial score (nSPS) is 38.8. The Morgan fingerprint density at radius 3 is 2.77 bits per heavy atom. The maximum Gasteiger partial charge on any atom is 0.308 e. The van der Waals surface area contributed by atoms with Crippen LogP contribution in [0.2, 0.25) is 0 Å². The van der Waals surface area contributed by atoms with Gasteiger partial charge in [-0.05, 0) is 90.6 Å². The molecule has 6 aliphatic rings. The number of nitrogens with one attached hydrogen (secondary N) is 1. The number of ether oxygens (including phenoxy) is 1. The van der Waals surface area contributed by atoms with Gasteiger partial charge in [-0.1, -0.05) is 0 Å². The number of halogens is 1. The zero-order valence-corrected chi connectivity index (χ0v) is 28.1. The minimum atomic E-state index is -0.696. The molecule has 1 saturated carbocycles. The molecule has 0 bridgehead atoms. The van der Waals surface area contributed by atoms with Gasteiger partial charge in [0.1, 0.15) is 5.82 Å². The van der Waals surface area contributed by atoms with Gasteiger partial charge in [0.15, 0.2) is 0 Å². The molecule has 44 heavy (non-hydrogen) atoms. The molecular weight excluding hydrogens is 598 g/mol. The lowest BCUT2D eigenvalue weighted by atomic mass is 9.70. The van der Waals surface area contributed by atoms with Crippen LogP contribution in [0.4, 0.5) is 0 Å². The maximum atomic E-state index is 13.9. The number of carboxylic acids is 1. The van der Waals surface area contributed by atoms with E-state index in [-0.39, 0.29) is 40.3 Å². The van der Waals surface area contributed by atoms with E-state index >= 15 is 0 Å². The average Bonchev–Trinajstić information content (AvgIpc) is 3.58. The number of aryl methyl sites for hydroxylation is 2. The van der Waals surface area contributed by atoms with E-state index < -0.39 is 5.97 Å². The number of piperidine rings is 1. The summed E-state index contributed by atoms with van der Waals surface area (Å²) in [6.45, 7) is 9.85. The summed E-state index contributed by atoms with van der Waals surface area (Å²) in [5.41, 5.74) is 2.51. The number of carboxylic acid groups (broad SMARTS) is 1. The maximum absolute atomic E-state index is 13.9. The van der Waals surface area contributed by atoms with Crippen molar-refractivity contribution in [3.8, 4) is 0 Å². The molecule has 0 radical (unpaired) electrons. The van der Waals surface area contributed by atoms with Crippen molar-refractivity contribution in [2.24, 2.45) is 23.2 Å². The predicted octanol–water partition coefficient (Wildman–Crippen LogP) is 3.02. The van der Waals surface area contributed by atoms with Crippen LogP contribution < -0.4 is 10.9 Å². The van der Waals surface area contributed by atoms with E-state index in [1.807, 2.05) is 23.3 Å². The summed E-state index contributed by atoms with van der Waals surface area (Å²) < 4.78 is 8.50. The Bertz CT molecular complexity index is 1310. The van der Waals surface area contributed by atoms with Crippen molar-refractivity contribution in [1.82, 2.24) is 24.7 Å². The van der Waals surface area contributed by atoms with Crippen LogP contribution in [0.15, 0.2) is 4.79 Å². The summed E-state index contributed by atoms with van der Waals surface area (Å²) in [6.07, 6.45) is 7.90. The Morgan fingerprint density at radius 2 is 2.02 bits per heavy atom. The molecule has 2 N–H and O–H groups in total. The largest absolute Gasteiger partial charge is 0.481 e. The lowest BCUT2D eigenvalue weighted by molar-refractivity contribution is -0.142. The molecule has 1 aromatic heterocycles. The third-order valence-corrected chi connectivity index (χ3v) is 14.0. The van der Waals surface area contributed by atoms with Crippen LogP contribution in [-0.4, -0.2) is 111 Å². The number of nitrogens with zero attached hydrogens (tertiary/aromatic N) is 4. The first kappa shape index (κ1) is 31.4. The van der Waals surface area contributed by atoms with Gasteiger partial charge >= 0.3 is 5.97 Å². The third-order valence-electron chi connectivity index (χ3n) is 12.0. The number of fused-ring (bicyclic) bond motifs is 2. The quantitative estimate of drug-likeness (QED) is 0.433. The highest BCUT2D eigenvalue weighted by Crippen LogP contribution is 2.48. The van der Waals surface area contributed by atoms with Gasteiger partial charge in [-0.15, -0.1) is 11.6 Å². The van der Waals surface area contributed by atoms with E-state index in [9.17, 15) is 14.7 Å². The number of hydrogen-bond donors (Lipinski definition) is 2. The van der Waals surface area contributed by atoms with E-state index in [2.05, 4.69) is 29.1 Å². The van der Waals surface area contributed by atoms with Gasteiger partial charge in [-0.2, -0.15) is 11.8 Å². The van der Waals surface area contributed by atoms with Gasteiger partial charge in [-0.25, -0.2) is 4.98 Å². The molecule has 0 amide bonds. The number of rotatable bonds is 7. The Kier molecular flexibility index (Phi) is 8.90. The van der Waals surface area contributed by atoms with E-state index in [0.717, 1.165) is 75.1 Å². The Morgan fingerprint density at radius 1 is 1.20 bits per heavy atom. The molecule has 11 heteroatoms. The number of carbonyl (C=O) groups is 1. The van der Waals surface area contributed by atoms with Gasteiger partial charge in [0.05, 0.1) is 30.9 Å². The highest BCUT2D eigenvalue weighted by atomic mass is 35.5. The first-order valence-corrected chi connectivity index (χ1v) is 18.5. The monoisotopic (exact) mass is 647 g/mol. The van der Waals surface area contributed by atoms with Crippen LogP contribution >= 0.6 is 23.4 Å². The summed E-state index contributed by atoms with van der Waals surface area (Å²) in [6, 6.07) is 0.708. The molecule has 5 fully saturated rings. The second-order valence-electron chi connectivity index (χ2n) is 15.0. The molecule has 9 unspecified atom stereocenters. The highest BCUT2D eigenvalue weighted by molar-refractivity contribution is 8.00. The SMILES string of the molecule is Cc1nc2c(c(=O)n1CCOC1CCC(Cl)CC1C1CC(C)NC3C(C(=O)O)CSC13)CC(N1CC3(CCN(C)C3)C1)CC2. The minimum Gasteiger partial charge on any atom is -0.481 e. The van der Waals surface area contributed by atoms with Crippen molar-refractivity contribution < 1.29 is 14.6 Å². The Balaban J connectivity index is 1.01. The topological polar surface area (TPSA) is 99.9 Å². The Hall–Kier alpha value is -1.17. The zero-order valence-electron chi connectivity index (χ0n) is 26.5. The van der Waals surface area contributed by atoms with Crippen LogP contribution in [-0.2, 0) is 28.9 Å². The fraction of sp³-hybridized carbons (Fsp3) is 0.848. The summed E-state index contributed by atoms with van der Waals surface area (Å²) >= 11 is 8.57. The van der Waals surface area contributed by atoms with Crippen molar-refractivity contribution in [2.75, 3.05) is 45.6 Å². The van der Waals surface area contributed by atoms with Crippen LogP contribution in [0.1, 0.15) is 62.5 Å². The number of aromatic nitrogens is 2. The van der Waals surface area contributed by atoms with E-state index in [1.165, 1.54) is 19.5 Å². The average molecular weight is 648 g/mol. The van der Waals surface area contributed by atoms with E-state index in [1.54, 1.807) is 0 Å². The molecule has 9 nitrogen and oxygen atoms in total. The fourth-order valence-electron chi connectivity index (χ4n) is 9.79.